The zero-order valence-electron chi connectivity index (χ0n) is 20.4. The van der Waals surface area contributed by atoms with Gasteiger partial charge in [-0.05, 0) is 43.5 Å². The lowest BCUT2D eigenvalue weighted by molar-refractivity contribution is -0.137. The van der Waals surface area contributed by atoms with E-state index in [2.05, 4.69) is 22.3 Å². The molecule has 2 aliphatic heterocycles. The summed E-state index contributed by atoms with van der Waals surface area (Å²) >= 11 is 12.5. The zero-order valence-corrected chi connectivity index (χ0v) is 22.7. The van der Waals surface area contributed by atoms with Crippen LogP contribution in [0, 0.1) is 5.92 Å². The minimum absolute atomic E-state index is 0.0281. The van der Waals surface area contributed by atoms with Gasteiger partial charge in [-0.1, -0.05) is 66.0 Å². The van der Waals surface area contributed by atoms with Crippen LogP contribution >= 0.6 is 23.2 Å². The Kier molecular flexibility index (Phi) is 9.30. The summed E-state index contributed by atoms with van der Waals surface area (Å²) in [5.74, 6) is -0.152. The Balaban J connectivity index is 1.45. The van der Waals surface area contributed by atoms with E-state index in [1.165, 1.54) is 22.0 Å². The molecule has 1 N–H and O–H groups in total. The number of sulfonamides is 1. The van der Waals surface area contributed by atoms with Crippen LogP contribution in [0.5, 0.6) is 0 Å². The molecular formula is C26H33Cl2N3O4S. The molecule has 2 saturated heterocycles. The van der Waals surface area contributed by atoms with Gasteiger partial charge in [-0.3, -0.25) is 9.69 Å². The van der Waals surface area contributed by atoms with Crippen LogP contribution in [0.1, 0.15) is 31.2 Å². The second kappa shape index (κ2) is 12.2. The molecule has 4 rings (SSSR count). The number of carbonyl (C=O) groups excluding carboxylic acids is 1. The van der Waals surface area contributed by atoms with Crippen LogP contribution in [-0.2, 0) is 26.1 Å². The lowest BCUT2D eigenvalue weighted by atomic mass is 10.00. The highest BCUT2D eigenvalue weighted by Crippen LogP contribution is 2.35. The van der Waals surface area contributed by atoms with Crippen LogP contribution in [0.25, 0.3) is 0 Å². The number of nitrogens with zero attached hydrogens (tertiary/aromatic N) is 2. The zero-order chi connectivity index (χ0) is 25.7. The van der Waals surface area contributed by atoms with Gasteiger partial charge in [-0.2, -0.15) is 4.31 Å². The first-order chi connectivity index (χ1) is 17.3. The molecule has 2 aliphatic rings. The maximum Gasteiger partial charge on any atom is 0.249 e. The summed E-state index contributed by atoms with van der Waals surface area (Å²) in [4.78, 5) is 15.1. The number of likely N-dealkylation sites (N-methyl/N-ethyl adjacent to an activating group) is 1. The number of halogens is 2. The van der Waals surface area contributed by atoms with Crippen LogP contribution in [0.4, 0.5) is 0 Å². The Labute approximate surface area is 223 Å². The van der Waals surface area contributed by atoms with E-state index in [4.69, 9.17) is 27.9 Å². The Morgan fingerprint density at radius 2 is 1.78 bits per heavy atom. The Hall–Kier alpha value is -1.68. The van der Waals surface area contributed by atoms with Gasteiger partial charge in [0.05, 0.1) is 16.7 Å². The number of rotatable bonds is 9. The largest absolute Gasteiger partial charge is 0.366 e. The standard InChI is InChI=1S/C26H33Cl2N3O4S/c1-29-26(32)24(20-13-15-30(17-20)16-19-8-3-2-4-9-19)35-18-21-10-5-6-14-31(21)36(33,34)25-22(27)11-7-12-23(25)28/h2-4,7-9,11-12,20-21,24H,5-6,10,13-18H2,1H3,(H,29,32)/t20-,21?,24?/m0/s1. The van der Waals surface area contributed by atoms with Crippen molar-refractivity contribution in [2.45, 2.75) is 49.3 Å². The molecular weight excluding hydrogens is 521 g/mol. The number of carbonyl (C=O) groups is 1. The van der Waals surface area contributed by atoms with Gasteiger partial charge in [0, 0.05) is 38.6 Å². The highest BCUT2D eigenvalue weighted by Gasteiger charge is 2.39. The molecule has 0 radical (unpaired) electrons. The lowest BCUT2D eigenvalue weighted by Crippen LogP contribution is -2.48. The highest BCUT2D eigenvalue weighted by atomic mass is 35.5. The molecule has 2 aromatic rings. The number of ether oxygens (including phenoxy) is 1. The van der Waals surface area contributed by atoms with Crippen molar-refractivity contribution in [3.05, 3.63) is 64.1 Å². The Morgan fingerprint density at radius 3 is 2.47 bits per heavy atom. The summed E-state index contributed by atoms with van der Waals surface area (Å²) in [5, 5.41) is 2.92. The Bertz CT molecular complexity index is 1130. The molecule has 2 fully saturated rings. The molecule has 0 spiro atoms. The van der Waals surface area contributed by atoms with Crippen molar-refractivity contribution in [2.75, 3.05) is 33.3 Å². The van der Waals surface area contributed by atoms with E-state index in [9.17, 15) is 13.2 Å². The Morgan fingerprint density at radius 1 is 1.06 bits per heavy atom. The van der Waals surface area contributed by atoms with Crippen molar-refractivity contribution in [1.29, 1.82) is 0 Å². The second-order valence-corrected chi connectivity index (χ2v) is 12.1. The molecule has 0 bridgehead atoms. The number of hydrogen-bond donors (Lipinski definition) is 1. The normalized spacial score (nSPS) is 22.4. The van der Waals surface area contributed by atoms with E-state index in [1.807, 2.05) is 18.2 Å². The van der Waals surface area contributed by atoms with E-state index in [1.54, 1.807) is 13.1 Å². The fourth-order valence-corrected chi connectivity index (χ4v) is 7.96. The first kappa shape index (κ1) is 27.4. The summed E-state index contributed by atoms with van der Waals surface area (Å²) in [7, 11) is -2.32. The van der Waals surface area contributed by atoms with Gasteiger partial charge in [-0.15, -0.1) is 0 Å². The number of hydrogen-bond acceptors (Lipinski definition) is 5. The molecule has 1 amide bonds. The first-order valence-electron chi connectivity index (χ1n) is 12.4. The third-order valence-electron chi connectivity index (χ3n) is 7.02. The van der Waals surface area contributed by atoms with Crippen molar-refractivity contribution in [3.63, 3.8) is 0 Å². The van der Waals surface area contributed by atoms with E-state index < -0.39 is 22.2 Å². The van der Waals surface area contributed by atoms with E-state index >= 15 is 0 Å². The second-order valence-electron chi connectivity index (χ2n) is 9.45. The third kappa shape index (κ3) is 6.23. The number of likely N-dealkylation sites (tertiary alicyclic amines) is 1. The smallest absolute Gasteiger partial charge is 0.249 e. The van der Waals surface area contributed by atoms with Crippen molar-refractivity contribution in [1.82, 2.24) is 14.5 Å². The van der Waals surface area contributed by atoms with Crippen LogP contribution in [0.2, 0.25) is 10.0 Å². The SMILES string of the molecule is CNC(=O)C(OCC1CCCCN1S(=O)(=O)c1c(Cl)cccc1Cl)[C@H]1CCN(Cc2ccccc2)C1. The molecule has 36 heavy (non-hydrogen) atoms. The average Bonchev–Trinajstić information content (AvgIpc) is 3.32. The molecule has 2 aromatic carbocycles. The molecule has 0 saturated carbocycles. The van der Waals surface area contributed by atoms with Crippen molar-refractivity contribution < 1.29 is 17.9 Å². The molecule has 196 valence electrons. The molecule has 10 heteroatoms. The maximum atomic E-state index is 13.6. The van der Waals surface area contributed by atoms with Crippen LogP contribution in [0.3, 0.4) is 0 Å². The number of piperidine rings is 1. The number of amides is 1. The summed E-state index contributed by atoms with van der Waals surface area (Å²) < 4.78 is 34.8. The number of nitrogens with one attached hydrogen (secondary N) is 1. The van der Waals surface area contributed by atoms with E-state index in [-0.39, 0.29) is 33.4 Å². The van der Waals surface area contributed by atoms with Gasteiger partial charge in [0.2, 0.25) is 15.9 Å². The van der Waals surface area contributed by atoms with E-state index in [0.29, 0.717) is 13.0 Å². The maximum absolute atomic E-state index is 13.6. The molecule has 2 unspecified atom stereocenters. The monoisotopic (exact) mass is 553 g/mol. The molecule has 3 atom stereocenters. The summed E-state index contributed by atoms with van der Waals surface area (Å²) in [6, 6.07) is 14.5. The van der Waals surface area contributed by atoms with Gasteiger partial charge in [0.15, 0.2) is 0 Å². The molecule has 7 nitrogen and oxygen atoms in total. The van der Waals surface area contributed by atoms with Crippen molar-refractivity contribution in [2.24, 2.45) is 5.92 Å². The summed E-state index contributed by atoms with van der Waals surface area (Å²) in [6.45, 7) is 2.94. The predicted molar refractivity (Wildman–Crippen MR) is 142 cm³/mol. The first-order valence-corrected chi connectivity index (χ1v) is 14.6. The number of benzene rings is 2. The average molecular weight is 555 g/mol. The van der Waals surface area contributed by atoms with Crippen LogP contribution < -0.4 is 5.32 Å². The molecule has 0 aromatic heterocycles. The third-order valence-corrected chi connectivity index (χ3v) is 9.93. The fraction of sp³-hybridized carbons (Fsp3) is 0.500. The molecule has 2 heterocycles. The fourth-order valence-electron chi connectivity index (χ4n) is 5.18. The van der Waals surface area contributed by atoms with Gasteiger partial charge in [0.1, 0.15) is 11.0 Å². The van der Waals surface area contributed by atoms with Crippen molar-refractivity contribution in [3.8, 4) is 0 Å². The quantitative estimate of drug-likeness (QED) is 0.503. The minimum Gasteiger partial charge on any atom is -0.366 e. The summed E-state index contributed by atoms with van der Waals surface area (Å²) in [5.41, 5.74) is 1.23. The van der Waals surface area contributed by atoms with Gasteiger partial charge < -0.3 is 10.1 Å². The lowest BCUT2D eigenvalue weighted by Gasteiger charge is -2.36. The van der Waals surface area contributed by atoms with Gasteiger partial charge >= 0.3 is 0 Å². The van der Waals surface area contributed by atoms with Crippen LogP contribution in [0.15, 0.2) is 53.4 Å². The van der Waals surface area contributed by atoms with Gasteiger partial charge in [0.25, 0.3) is 0 Å². The topological polar surface area (TPSA) is 79.0 Å². The minimum atomic E-state index is -3.93. The summed E-state index contributed by atoms with van der Waals surface area (Å²) in [6.07, 6.45) is 2.47. The van der Waals surface area contributed by atoms with Crippen LogP contribution in [-0.4, -0.2) is 69.0 Å². The molecule has 0 aliphatic carbocycles. The van der Waals surface area contributed by atoms with Gasteiger partial charge in [-0.25, -0.2) is 8.42 Å². The predicted octanol–water partition coefficient (Wildman–Crippen LogP) is 4.19. The highest BCUT2D eigenvalue weighted by molar-refractivity contribution is 7.89. The van der Waals surface area contributed by atoms with Crippen molar-refractivity contribution >= 4 is 39.1 Å². The van der Waals surface area contributed by atoms with E-state index in [0.717, 1.165) is 38.9 Å².